The van der Waals surface area contributed by atoms with Gasteiger partial charge in [0.05, 0.1) is 23.4 Å². The van der Waals surface area contributed by atoms with Crippen LogP contribution in [-0.4, -0.2) is 22.6 Å². The van der Waals surface area contributed by atoms with Crippen LogP contribution in [0.1, 0.15) is 16.1 Å². The van der Waals surface area contributed by atoms with E-state index in [1.807, 2.05) is 0 Å². The van der Waals surface area contributed by atoms with Crippen LogP contribution >= 0.6 is 11.6 Å². The molecule has 0 bridgehead atoms. The van der Waals surface area contributed by atoms with Crippen LogP contribution in [-0.2, 0) is 6.18 Å². The first-order valence-electron chi connectivity index (χ1n) is 7.90. The highest BCUT2D eigenvalue weighted by molar-refractivity contribution is 6.32. The molecule has 0 atom stereocenters. The summed E-state index contributed by atoms with van der Waals surface area (Å²) in [5, 5.41) is -0.235. The molecule has 3 rings (SSSR count). The molecule has 146 valence electrons. The van der Waals surface area contributed by atoms with Gasteiger partial charge in [0.1, 0.15) is 11.4 Å². The molecule has 0 saturated heterocycles. The summed E-state index contributed by atoms with van der Waals surface area (Å²) in [6.07, 6.45) is -2.42. The van der Waals surface area contributed by atoms with Crippen LogP contribution in [0.3, 0.4) is 0 Å². The lowest BCUT2D eigenvalue weighted by molar-refractivity contribution is -0.137. The van der Waals surface area contributed by atoms with Crippen molar-refractivity contribution < 1.29 is 22.7 Å². The Kier molecular flexibility index (Phi) is 5.46. The lowest BCUT2D eigenvalue weighted by Crippen LogP contribution is -2.31. The van der Waals surface area contributed by atoms with Crippen molar-refractivity contribution in [1.29, 1.82) is 0 Å². The summed E-state index contributed by atoms with van der Waals surface area (Å²) in [7, 11) is 1.52. The fourth-order valence-electron chi connectivity index (χ4n) is 2.41. The summed E-state index contributed by atoms with van der Waals surface area (Å²) < 4.78 is 44.7. The first kappa shape index (κ1) is 19.6. The molecule has 0 aliphatic carbocycles. The number of nitrogens with one attached hydrogen (secondary N) is 2. The number of hydrogen-bond donors (Lipinski definition) is 2. The Balaban J connectivity index is 1.80. The first-order valence-corrected chi connectivity index (χ1v) is 8.28. The van der Waals surface area contributed by atoms with Crippen LogP contribution in [0.5, 0.6) is 5.75 Å². The van der Waals surface area contributed by atoms with E-state index < -0.39 is 17.6 Å². The minimum atomic E-state index is -4.56. The third-order valence-electron chi connectivity index (χ3n) is 3.75. The van der Waals surface area contributed by atoms with Gasteiger partial charge in [-0.3, -0.25) is 20.2 Å². The lowest BCUT2D eigenvalue weighted by atomic mass is 10.2. The number of amides is 1. The third kappa shape index (κ3) is 4.20. The molecular formula is C18H14ClF3N4O2. The van der Waals surface area contributed by atoms with Gasteiger partial charge < -0.3 is 4.74 Å². The summed E-state index contributed by atoms with van der Waals surface area (Å²) in [5.74, 6) is 0.0696. The van der Waals surface area contributed by atoms with E-state index in [2.05, 4.69) is 15.8 Å². The molecule has 0 aliphatic heterocycles. The number of anilines is 1. The van der Waals surface area contributed by atoms with Gasteiger partial charge in [0.15, 0.2) is 5.82 Å². The van der Waals surface area contributed by atoms with Crippen molar-refractivity contribution in [2.45, 2.75) is 6.18 Å². The molecule has 3 aromatic rings. The molecule has 2 aromatic heterocycles. The van der Waals surface area contributed by atoms with Crippen LogP contribution in [0, 0.1) is 0 Å². The predicted octanol–water partition coefficient (Wildman–Crippen LogP) is 4.31. The summed E-state index contributed by atoms with van der Waals surface area (Å²) in [6, 6.07) is 10.7. The monoisotopic (exact) mass is 410 g/mol. The number of methoxy groups -OCH3 is 1. The van der Waals surface area contributed by atoms with E-state index in [9.17, 15) is 18.0 Å². The highest BCUT2D eigenvalue weighted by Gasteiger charge is 2.32. The summed E-state index contributed by atoms with van der Waals surface area (Å²) in [6.45, 7) is 0. The quantitative estimate of drug-likeness (QED) is 0.615. The van der Waals surface area contributed by atoms with E-state index in [4.69, 9.17) is 16.3 Å². The van der Waals surface area contributed by atoms with Crippen molar-refractivity contribution in [3.8, 4) is 11.6 Å². The predicted molar refractivity (Wildman–Crippen MR) is 97.7 cm³/mol. The smallest absolute Gasteiger partial charge is 0.417 e. The van der Waals surface area contributed by atoms with Crippen molar-refractivity contribution in [1.82, 2.24) is 15.0 Å². The SMILES string of the molecule is COc1cccc(NNC(=O)c2cccn2-c2ncc(C(F)(F)F)cc2Cl)c1. The van der Waals surface area contributed by atoms with E-state index in [0.717, 1.165) is 6.07 Å². The largest absolute Gasteiger partial charge is 0.497 e. The van der Waals surface area contributed by atoms with Crippen molar-refractivity contribution in [3.05, 3.63) is 71.1 Å². The van der Waals surface area contributed by atoms with Gasteiger partial charge in [-0.15, -0.1) is 0 Å². The van der Waals surface area contributed by atoms with Crippen LogP contribution in [0.25, 0.3) is 5.82 Å². The Morgan fingerprint density at radius 1 is 1.21 bits per heavy atom. The Labute approximate surface area is 162 Å². The maximum Gasteiger partial charge on any atom is 0.417 e. The number of nitrogens with zero attached hydrogens (tertiary/aromatic N) is 2. The molecule has 0 spiro atoms. The van der Waals surface area contributed by atoms with Gasteiger partial charge in [0.2, 0.25) is 0 Å². The average molecular weight is 411 g/mol. The highest BCUT2D eigenvalue weighted by atomic mass is 35.5. The van der Waals surface area contributed by atoms with E-state index >= 15 is 0 Å². The molecule has 0 aliphatic rings. The number of benzene rings is 1. The van der Waals surface area contributed by atoms with Crippen LogP contribution < -0.4 is 15.6 Å². The molecule has 10 heteroatoms. The minimum Gasteiger partial charge on any atom is -0.497 e. The molecule has 0 saturated carbocycles. The number of carbonyl (C=O) groups is 1. The van der Waals surface area contributed by atoms with Gasteiger partial charge in [-0.05, 0) is 30.3 Å². The highest BCUT2D eigenvalue weighted by Crippen LogP contribution is 2.32. The molecule has 1 aromatic carbocycles. The average Bonchev–Trinajstić information content (AvgIpc) is 3.15. The number of alkyl halides is 3. The number of aromatic nitrogens is 2. The van der Waals surface area contributed by atoms with Crippen LogP contribution in [0.2, 0.25) is 5.02 Å². The van der Waals surface area contributed by atoms with Gasteiger partial charge in [-0.2, -0.15) is 13.2 Å². The molecule has 0 fully saturated rings. The summed E-state index contributed by atoms with van der Waals surface area (Å²) >= 11 is 5.97. The Morgan fingerprint density at radius 2 is 2.00 bits per heavy atom. The normalized spacial score (nSPS) is 11.2. The van der Waals surface area contributed by atoms with Gasteiger partial charge in [-0.25, -0.2) is 4.98 Å². The van der Waals surface area contributed by atoms with E-state index in [1.165, 1.54) is 23.9 Å². The lowest BCUT2D eigenvalue weighted by Gasteiger charge is -2.13. The fourth-order valence-corrected chi connectivity index (χ4v) is 2.66. The Hall–Kier alpha value is -3.20. The maximum atomic E-state index is 12.8. The van der Waals surface area contributed by atoms with Crippen LogP contribution in [0.15, 0.2) is 54.9 Å². The van der Waals surface area contributed by atoms with Crippen molar-refractivity contribution in [2.24, 2.45) is 0 Å². The molecule has 0 radical (unpaired) electrons. The summed E-state index contributed by atoms with van der Waals surface area (Å²) in [5.41, 5.74) is 4.97. The number of hydrogen-bond acceptors (Lipinski definition) is 4. The zero-order valence-corrected chi connectivity index (χ0v) is 15.2. The minimum absolute atomic E-state index is 0.00574. The second-order valence-electron chi connectivity index (χ2n) is 5.60. The van der Waals surface area contributed by atoms with Gasteiger partial charge in [-0.1, -0.05) is 17.7 Å². The summed E-state index contributed by atoms with van der Waals surface area (Å²) in [4.78, 5) is 16.3. The zero-order chi connectivity index (χ0) is 20.3. The molecule has 1 amide bonds. The molecule has 28 heavy (non-hydrogen) atoms. The number of carbonyl (C=O) groups excluding carboxylic acids is 1. The molecule has 2 heterocycles. The molecule has 2 N–H and O–H groups in total. The van der Waals surface area contributed by atoms with Crippen LogP contribution in [0.4, 0.5) is 18.9 Å². The van der Waals surface area contributed by atoms with E-state index in [0.29, 0.717) is 17.6 Å². The standard InChI is InChI=1S/C18H14ClF3N4O2/c1-28-13-5-2-4-12(9-13)24-25-17(27)15-6-3-7-26(15)16-14(19)8-11(10-23-16)18(20,21)22/h2-10,24H,1H3,(H,25,27). The third-order valence-corrected chi connectivity index (χ3v) is 4.03. The molecular weight excluding hydrogens is 397 g/mol. The second-order valence-corrected chi connectivity index (χ2v) is 6.01. The van der Waals surface area contributed by atoms with E-state index in [-0.39, 0.29) is 16.5 Å². The van der Waals surface area contributed by atoms with Gasteiger partial charge in [0.25, 0.3) is 5.91 Å². The topological polar surface area (TPSA) is 68.2 Å². The maximum absolute atomic E-state index is 12.8. The van der Waals surface area contributed by atoms with Gasteiger partial charge >= 0.3 is 6.18 Å². The van der Waals surface area contributed by atoms with Crippen molar-refractivity contribution >= 4 is 23.2 Å². The zero-order valence-electron chi connectivity index (χ0n) is 14.4. The fraction of sp³-hybridized carbons (Fsp3) is 0.111. The van der Waals surface area contributed by atoms with Gasteiger partial charge in [0, 0.05) is 18.5 Å². The Morgan fingerprint density at radius 3 is 2.68 bits per heavy atom. The number of hydrazine groups is 1. The number of halogens is 4. The molecule has 0 unspecified atom stereocenters. The Bertz CT molecular complexity index is 1000. The van der Waals surface area contributed by atoms with Crippen molar-refractivity contribution in [3.63, 3.8) is 0 Å². The number of pyridine rings is 1. The number of rotatable bonds is 5. The van der Waals surface area contributed by atoms with E-state index in [1.54, 1.807) is 30.3 Å². The second kappa shape index (κ2) is 7.81. The molecule has 6 nitrogen and oxygen atoms in total. The number of ether oxygens (including phenoxy) is 1. The van der Waals surface area contributed by atoms with Crippen molar-refractivity contribution in [2.75, 3.05) is 12.5 Å². The first-order chi connectivity index (χ1) is 13.3.